The van der Waals surface area contributed by atoms with Crippen LogP contribution >= 0.6 is 47.8 Å². The second kappa shape index (κ2) is 6.28. The number of hydrogen-bond donors (Lipinski definition) is 2. The van der Waals surface area contributed by atoms with Gasteiger partial charge >= 0.3 is 0 Å². The van der Waals surface area contributed by atoms with Gasteiger partial charge in [-0.05, 0) is 90.6 Å². The van der Waals surface area contributed by atoms with Crippen molar-refractivity contribution in [2.75, 3.05) is 10.5 Å². The molecule has 0 aliphatic rings. The van der Waals surface area contributed by atoms with Crippen LogP contribution in [-0.2, 0) is 10.0 Å². The minimum atomic E-state index is -3.71. The Bertz CT molecular complexity index is 784. The molecule has 0 aromatic heterocycles. The molecule has 2 rings (SSSR count). The van der Waals surface area contributed by atoms with Crippen LogP contribution in [0, 0.1) is 6.92 Å². The number of nitrogens with one attached hydrogen (secondary N) is 1. The Hall–Kier alpha value is -0.570. The molecule has 0 saturated heterocycles. The van der Waals surface area contributed by atoms with Gasteiger partial charge in [-0.2, -0.15) is 0 Å². The fourth-order valence-electron chi connectivity index (χ4n) is 1.67. The number of rotatable bonds is 3. The summed E-state index contributed by atoms with van der Waals surface area (Å²) in [7, 11) is -3.71. The van der Waals surface area contributed by atoms with Crippen molar-refractivity contribution >= 4 is 69.2 Å². The van der Waals surface area contributed by atoms with E-state index in [2.05, 4.69) is 52.5 Å². The molecule has 2 aromatic carbocycles. The van der Waals surface area contributed by atoms with Crippen LogP contribution in [0.15, 0.2) is 48.6 Å². The number of halogens is 3. The SMILES string of the molecule is Cc1cc(Br)c(NS(=O)(=O)c2ccc(N)c(Br)c2)c(Br)c1. The minimum absolute atomic E-state index is 0.128. The van der Waals surface area contributed by atoms with Gasteiger partial charge in [-0.25, -0.2) is 8.42 Å². The summed E-state index contributed by atoms with van der Waals surface area (Å²) in [6.07, 6.45) is 0. The number of sulfonamides is 1. The zero-order valence-electron chi connectivity index (χ0n) is 10.8. The predicted molar refractivity (Wildman–Crippen MR) is 95.9 cm³/mol. The van der Waals surface area contributed by atoms with Gasteiger partial charge in [0, 0.05) is 19.1 Å². The largest absolute Gasteiger partial charge is 0.398 e. The summed E-state index contributed by atoms with van der Waals surface area (Å²) in [5.41, 5.74) is 7.61. The van der Waals surface area contributed by atoms with E-state index < -0.39 is 10.0 Å². The first-order valence-corrected chi connectivity index (χ1v) is 9.60. The molecule has 0 amide bonds. The van der Waals surface area contributed by atoms with Crippen LogP contribution in [0.3, 0.4) is 0 Å². The molecule has 0 aliphatic heterocycles. The summed E-state index contributed by atoms with van der Waals surface area (Å²) in [6, 6.07) is 8.13. The Labute approximate surface area is 148 Å². The molecule has 0 bridgehead atoms. The van der Waals surface area contributed by atoms with Crippen LogP contribution in [0.1, 0.15) is 5.56 Å². The first-order valence-electron chi connectivity index (χ1n) is 5.74. The minimum Gasteiger partial charge on any atom is -0.398 e. The summed E-state index contributed by atoms with van der Waals surface area (Å²) in [5.74, 6) is 0. The third-order valence-corrected chi connectivity index (χ3v) is 5.99. The summed E-state index contributed by atoms with van der Waals surface area (Å²) in [6.45, 7) is 1.92. The average molecular weight is 499 g/mol. The molecule has 0 fully saturated rings. The van der Waals surface area contributed by atoms with E-state index in [9.17, 15) is 8.42 Å². The molecule has 112 valence electrons. The van der Waals surface area contributed by atoms with Gasteiger partial charge in [0.15, 0.2) is 0 Å². The Morgan fingerprint density at radius 3 is 2.10 bits per heavy atom. The summed E-state index contributed by atoms with van der Waals surface area (Å²) in [4.78, 5) is 0.128. The van der Waals surface area contributed by atoms with Crippen molar-refractivity contribution in [3.05, 3.63) is 49.3 Å². The molecule has 3 N–H and O–H groups in total. The molecule has 0 aliphatic carbocycles. The first-order chi connectivity index (χ1) is 9.70. The van der Waals surface area contributed by atoms with Crippen molar-refractivity contribution in [3.63, 3.8) is 0 Å². The topological polar surface area (TPSA) is 72.2 Å². The van der Waals surface area contributed by atoms with E-state index in [1.807, 2.05) is 19.1 Å². The zero-order chi connectivity index (χ0) is 15.8. The lowest BCUT2D eigenvalue weighted by molar-refractivity contribution is 0.601. The second-order valence-corrected chi connectivity index (χ2v) is 8.64. The molecular formula is C13H11Br3N2O2S. The van der Waals surface area contributed by atoms with E-state index in [1.54, 1.807) is 0 Å². The molecular weight excluding hydrogens is 488 g/mol. The summed E-state index contributed by atoms with van der Waals surface area (Å²) in [5, 5.41) is 0. The lowest BCUT2D eigenvalue weighted by Crippen LogP contribution is -2.14. The molecule has 0 spiro atoms. The lowest BCUT2D eigenvalue weighted by Gasteiger charge is -2.13. The average Bonchev–Trinajstić information content (AvgIpc) is 2.37. The maximum Gasteiger partial charge on any atom is 0.262 e. The van der Waals surface area contributed by atoms with E-state index in [1.165, 1.54) is 18.2 Å². The quantitative estimate of drug-likeness (QED) is 0.604. The lowest BCUT2D eigenvalue weighted by atomic mass is 10.2. The molecule has 0 saturated carbocycles. The maximum atomic E-state index is 12.4. The van der Waals surface area contributed by atoms with Gasteiger partial charge in [0.2, 0.25) is 0 Å². The summed E-state index contributed by atoms with van der Waals surface area (Å²) < 4.78 is 29.3. The second-order valence-electron chi connectivity index (χ2n) is 4.39. The number of nitrogens with two attached hydrogens (primary N) is 1. The normalized spacial score (nSPS) is 11.4. The van der Waals surface area contributed by atoms with Gasteiger partial charge in [-0.15, -0.1) is 0 Å². The number of anilines is 2. The number of benzene rings is 2. The fourth-order valence-corrected chi connectivity index (χ4v) is 5.20. The highest BCUT2D eigenvalue weighted by molar-refractivity contribution is 9.11. The van der Waals surface area contributed by atoms with Crippen molar-refractivity contribution in [1.82, 2.24) is 0 Å². The number of nitrogen functional groups attached to an aromatic ring is 1. The highest BCUT2D eigenvalue weighted by Crippen LogP contribution is 2.34. The van der Waals surface area contributed by atoms with E-state index >= 15 is 0 Å². The Balaban J connectivity index is 2.44. The van der Waals surface area contributed by atoms with Crippen LogP contribution in [-0.4, -0.2) is 8.42 Å². The van der Waals surface area contributed by atoms with E-state index in [0.717, 1.165) is 5.56 Å². The zero-order valence-corrected chi connectivity index (χ0v) is 16.4. The van der Waals surface area contributed by atoms with Crippen LogP contribution in [0.5, 0.6) is 0 Å². The molecule has 4 nitrogen and oxygen atoms in total. The van der Waals surface area contributed by atoms with Crippen molar-refractivity contribution in [1.29, 1.82) is 0 Å². The molecule has 0 unspecified atom stereocenters. The Morgan fingerprint density at radius 1 is 1.00 bits per heavy atom. The van der Waals surface area contributed by atoms with Crippen molar-refractivity contribution < 1.29 is 8.42 Å². The smallest absolute Gasteiger partial charge is 0.262 e. The number of aryl methyl sites for hydroxylation is 1. The fraction of sp³-hybridized carbons (Fsp3) is 0.0769. The van der Waals surface area contributed by atoms with E-state index in [-0.39, 0.29) is 4.90 Å². The van der Waals surface area contributed by atoms with Crippen molar-refractivity contribution in [2.24, 2.45) is 0 Å². The molecule has 0 atom stereocenters. The van der Waals surface area contributed by atoms with Gasteiger partial charge in [0.25, 0.3) is 10.0 Å². The van der Waals surface area contributed by atoms with Gasteiger partial charge in [0.05, 0.1) is 10.6 Å². The molecule has 21 heavy (non-hydrogen) atoms. The Morgan fingerprint density at radius 2 is 1.57 bits per heavy atom. The van der Waals surface area contributed by atoms with Crippen LogP contribution < -0.4 is 10.5 Å². The van der Waals surface area contributed by atoms with Gasteiger partial charge < -0.3 is 5.73 Å². The highest BCUT2D eigenvalue weighted by Gasteiger charge is 2.18. The Kier molecular flexibility index (Phi) is 5.02. The predicted octanol–water partition coefficient (Wildman–Crippen LogP) is 4.67. The summed E-state index contributed by atoms with van der Waals surface area (Å²) >= 11 is 9.95. The third kappa shape index (κ3) is 3.80. The molecule has 0 heterocycles. The third-order valence-electron chi connectivity index (χ3n) is 2.71. The molecule has 2 aromatic rings. The molecule has 8 heteroatoms. The van der Waals surface area contributed by atoms with E-state index in [0.29, 0.717) is 24.8 Å². The van der Waals surface area contributed by atoms with Gasteiger partial charge in [0.1, 0.15) is 0 Å². The first kappa shape index (κ1) is 16.8. The van der Waals surface area contributed by atoms with Crippen LogP contribution in [0.2, 0.25) is 0 Å². The van der Waals surface area contributed by atoms with Crippen LogP contribution in [0.25, 0.3) is 0 Å². The van der Waals surface area contributed by atoms with Crippen molar-refractivity contribution in [3.8, 4) is 0 Å². The monoisotopic (exact) mass is 496 g/mol. The van der Waals surface area contributed by atoms with Gasteiger partial charge in [-0.3, -0.25) is 4.72 Å². The number of hydrogen-bond acceptors (Lipinski definition) is 3. The molecule has 0 radical (unpaired) electrons. The maximum absolute atomic E-state index is 12.4. The van der Waals surface area contributed by atoms with Gasteiger partial charge in [-0.1, -0.05) is 0 Å². The van der Waals surface area contributed by atoms with Crippen LogP contribution in [0.4, 0.5) is 11.4 Å². The standard InChI is InChI=1S/C13H11Br3N2O2S/c1-7-4-10(15)13(11(16)5-7)18-21(19,20)8-2-3-12(17)9(14)6-8/h2-6,18H,17H2,1H3. The van der Waals surface area contributed by atoms with Crippen molar-refractivity contribution in [2.45, 2.75) is 11.8 Å². The highest BCUT2D eigenvalue weighted by atomic mass is 79.9. The van der Waals surface area contributed by atoms with E-state index in [4.69, 9.17) is 5.73 Å².